The Balaban J connectivity index is 2.69. The van der Waals surface area contributed by atoms with Crippen LogP contribution < -0.4 is 11.1 Å². The van der Waals surface area contributed by atoms with Crippen LogP contribution in [0.15, 0.2) is 0 Å². The summed E-state index contributed by atoms with van der Waals surface area (Å²) in [6.07, 6.45) is 5.68. The van der Waals surface area contributed by atoms with Crippen molar-refractivity contribution in [3.63, 3.8) is 0 Å². The van der Waals surface area contributed by atoms with Gasteiger partial charge in [0.25, 0.3) is 0 Å². The molecule has 1 aliphatic carbocycles. The third-order valence-corrected chi connectivity index (χ3v) is 12.5. The Labute approximate surface area is 272 Å². The topological polar surface area (TPSA) is 81.4 Å². The molecule has 0 bridgehead atoms. The number of ether oxygens (including phenoxy) is 1. The second-order valence-electron chi connectivity index (χ2n) is 14.1. The number of nitrogens with two attached hydrogens (primary N) is 1. The van der Waals surface area contributed by atoms with E-state index in [0.29, 0.717) is 41.1 Å². The van der Waals surface area contributed by atoms with E-state index < -0.39 is 5.72 Å². The fourth-order valence-electron chi connectivity index (χ4n) is 4.72. The molecule has 0 aromatic heterocycles. The molecule has 0 spiro atoms. The van der Waals surface area contributed by atoms with Crippen molar-refractivity contribution in [2.45, 2.75) is 135 Å². The van der Waals surface area contributed by atoms with Crippen LogP contribution in [0.5, 0.6) is 0 Å². The maximum absolute atomic E-state index is 12.6. The van der Waals surface area contributed by atoms with Crippen LogP contribution in [0, 0.1) is 16.7 Å². The average molecular weight is 609 g/mol. The second-order valence-corrected chi connectivity index (χ2v) is 16.6. The molecular formula is C30H54B5N2O3S2. The van der Waals surface area contributed by atoms with Gasteiger partial charge in [-0.2, -0.15) is 0 Å². The number of hydrogen-bond donors (Lipinski definition) is 2. The summed E-state index contributed by atoms with van der Waals surface area (Å²) in [6.45, 7) is 19.1. The predicted molar refractivity (Wildman–Crippen MR) is 191 cm³/mol. The van der Waals surface area contributed by atoms with Crippen LogP contribution in [-0.2, 0) is 14.3 Å². The SMILES string of the molecule is [B][B]C(=[B])C(CSC1CCC1SCC(NC(C)(C)CC)C(=O)[B][B])C(C)(C)CCOC(C)(N)CCC(=O)C(C)(C)CC. The van der Waals surface area contributed by atoms with Gasteiger partial charge in [0.1, 0.15) is 0 Å². The number of thioether (sulfide) groups is 2. The fourth-order valence-corrected chi connectivity index (χ4v) is 8.27. The molecule has 1 aliphatic rings. The zero-order chi connectivity index (χ0) is 32.4. The van der Waals surface area contributed by atoms with Crippen molar-refractivity contribution < 1.29 is 14.3 Å². The molecule has 0 amide bonds. The van der Waals surface area contributed by atoms with Gasteiger partial charge in [0.15, 0.2) is 0 Å². The van der Waals surface area contributed by atoms with Gasteiger partial charge in [-0.1, -0.05) is 13.8 Å². The van der Waals surface area contributed by atoms with Crippen molar-refractivity contribution in [1.29, 1.82) is 0 Å². The van der Waals surface area contributed by atoms with E-state index in [0.717, 1.165) is 37.9 Å². The molecule has 0 aromatic rings. The Bertz CT molecular complexity index is 889. The van der Waals surface area contributed by atoms with Gasteiger partial charge in [-0.05, 0) is 0 Å². The molecule has 1 saturated carbocycles. The van der Waals surface area contributed by atoms with Crippen LogP contribution in [0.1, 0.15) is 107 Å². The van der Waals surface area contributed by atoms with Gasteiger partial charge in [-0.3, -0.25) is 0 Å². The first-order valence-corrected chi connectivity index (χ1v) is 17.7. The van der Waals surface area contributed by atoms with Crippen molar-refractivity contribution in [1.82, 2.24) is 5.32 Å². The number of ketones is 1. The van der Waals surface area contributed by atoms with Crippen molar-refractivity contribution in [2.24, 2.45) is 22.5 Å². The van der Waals surface area contributed by atoms with Crippen LogP contribution >= 0.6 is 23.5 Å². The van der Waals surface area contributed by atoms with E-state index in [1.807, 2.05) is 51.2 Å². The molecule has 0 aliphatic heterocycles. The van der Waals surface area contributed by atoms with Crippen molar-refractivity contribution in [3.8, 4) is 0 Å². The van der Waals surface area contributed by atoms with Gasteiger partial charge >= 0.3 is 259 Å². The van der Waals surface area contributed by atoms with Crippen LogP contribution in [-0.4, -0.2) is 100 Å². The first-order valence-electron chi connectivity index (χ1n) is 15.6. The molecule has 1 fully saturated rings. The summed E-state index contributed by atoms with van der Waals surface area (Å²) in [7, 11) is 20.7. The van der Waals surface area contributed by atoms with Gasteiger partial charge in [-0.15, -0.1) is 0 Å². The minimum Gasteiger partial charge on any atom is -0.0644 e. The summed E-state index contributed by atoms with van der Waals surface area (Å²) in [6, 6.07) is -0.284. The monoisotopic (exact) mass is 609 g/mol. The first kappa shape index (κ1) is 40.1. The molecule has 0 heterocycles. The van der Waals surface area contributed by atoms with Crippen LogP contribution in [0.2, 0.25) is 0 Å². The molecule has 12 heteroatoms. The molecule has 42 heavy (non-hydrogen) atoms. The normalized spacial score (nSPS) is 20.6. The predicted octanol–water partition coefficient (Wildman–Crippen LogP) is 4.04. The first-order chi connectivity index (χ1) is 19.3. The van der Waals surface area contributed by atoms with Crippen LogP contribution in [0.4, 0.5) is 0 Å². The van der Waals surface area contributed by atoms with E-state index in [1.54, 1.807) is 0 Å². The van der Waals surface area contributed by atoms with E-state index in [4.69, 9.17) is 33.4 Å². The smallest absolute Gasteiger partial charge is 0.0644 e. The summed E-state index contributed by atoms with van der Waals surface area (Å²) in [5.74, 6) is 1.85. The molecule has 3 N–H and O–H groups in total. The molecule has 0 aromatic carbocycles. The molecular weight excluding hydrogens is 555 g/mol. The summed E-state index contributed by atoms with van der Waals surface area (Å²) >= 11 is 3.82. The number of carbonyl (C=O) groups is 2. The van der Waals surface area contributed by atoms with E-state index in [-0.39, 0.29) is 39.8 Å². The zero-order valence-electron chi connectivity index (χ0n) is 27.9. The molecule has 5 atom stereocenters. The van der Waals surface area contributed by atoms with E-state index in [1.165, 1.54) is 14.3 Å². The minimum absolute atomic E-state index is 0.0533. The quantitative estimate of drug-likeness (QED) is 0.134. The number of carbonyl (C=O) groups excluding carboxylic acids is 2. The summed E-state index contributed by atoms with van der Waals surface area (Å²) in [5.41, 5.74) is 4.88. The van der Waals surface area contributed by atoms with Crippen LogP contribution in [0.3, 0.4) is 0 Å². The minimum atomic E-state index is -0.868. The van der Waals surface area contributed by atoms with Crippen molar-refractivity contribution >= 4 is 77.7 Å². The Kier molecular flexibility index (Phi) is 16.9. The standard InChI is InChI=1S/C30H54B5N2O3S2/c1-10-27(3,4)24(38)14-15-30(9,36)40-17-16-28(5,6)20(25(31)34-32)18-41-22-12-13-23(22)42-19-21(26(39)35-33)37-29(7,8)11-2/h20-23,37H,10-19,36H2,1-9H3. The van der Waals surface area contributed by atoms with E-state index >= 15 is 0 Å². The Morgan fingerprint density at radius 1 is 0.952 bits per heavy atom. The fraction of sp³-hybridized carbons (Fsp3) is 0.900. The van der Waals surface area contributed by atoms with Gasteiger partial charge in [-0.25, -0.2) is 0 Å². The number of nitrogens with one attached hydrogen (secondary N) is 1. The van der Waals surface area contributed by atoms with Crippen molar-refractivity contribution in [3.05, 3.63) is 0 Å². The maximum atomic E-state index is 12.6. The third-order valence-electron chi connectivity index (χ3n) is 9.26. The Morgan fingerprint density at radius 3 is 2.00 bits per heavy atom. The zero-order valence-corrected chi connectivity index (χ0v) is 29.5. The van der Waals surface area contributed by atoms with Gasteiger partial charge in [0.2, 0.25) is 0 Å². The average Bonchev–Trinajstić information content (AvgIpc) is 2.91. The number of Topliss-reactive ketones (excluding diaryl/α,β-unsaturated/α-hetero) is 1. The summed E-state index contributed by atoms with van der Waals surface area (Å²) in [5, 5.41) is 5.18. The summed E-state index contributed by atoms with van der Waals surface area (Å²) < 4.78 is 6.10. The number of rotatable bonds is 23. The molecule has 5 unspecified atom stereocenters. The van der Waals surface area contributed by atoms with Gasteiger partial charge in [0, 0.05) is 0 Å². The molecule has 0 saturated heterocycles. The molecule has 7 radical (unpaired) electrons. The van der Waals surface area contributed by atoms with E-state index in [2.05, 4.69) is 39.9 Å². The molecule has 229 valence electrons. The van der Waals surface area contributed by atoms with Gasteiger partial charge in [0.05, 0.1) is 0 Å². The molecule has 5 nitrogen and oxygen atoms in total. The van der Waals surface area contributed by atoms with Crippen LogP contribution in [0.25, 0.3) is 0 Å². The Hall–Kier alpha value is 0.115. The summed E-state index contributed by atoms with van der Waals surface area (Å²) in [4.78, 5) is 25.0. The second kappa shape index (κ2) is 17.7. The number of hydrogen-bond acceptors (Lipinski definition) is 7. The Morgan fingerprint density at radius 2 is 1.52 bits per heavy atom. The van der Waals surface area contributed by atoms with E-state index in [9.17, 15) is 9.59 Å². The molecule has 1 rings (SSSR count). The third kappa shape index (κ3) is 13.2. The van der Waals surface area contributed by atoms with Crippen molar-refractivity contribution in [2.75, 3.05) is 18.1 Å². The van der Waals surface area contributed by atoms with Gasteiger partial charge < -0.3 is 0 Å².